The molecule has 0 spiro atoms. The van der Waals surface area contributed by atoms with Crippen LogP contribution in [0.2, 0.25) is 0 Å². The molecule has 1 atom stereocenters. The number of phenolic OH excluding ortho intramolecular Hbond substituents is 1. The first-order valence-electron chi connectivity index (χ1n) is 10.1. The summed E-state index contributed by atoms with van der Waals surface area (Å²) < 4.78 is 0. The Hall–Kier alpha value is -2.04. The van der Waals surface area contributed by atoms with Crippen molar-refractivity contribution in [2.75, 3.05) is 6.54 Å². The monoisotopic (exact) mass is 419 g/mol. The van der Waals surface area contributed by atoms with Gasteiger partial charge in [0.1, 0.15) is 5.75 Å². The van der Waals surface area contributed by atoms with E-state index in [1.165, 1.54) is 5.56 Å². The van der Waals surface area contributed by atoms with E-state index >= 15 is 0 Å². The van der Waals surface area contributed by atoms with Gasteiger partial charge in [-0.25, -0.2) is 0 Å². The average molecular weight is 420 g/mol. The molecule has 0 aliphatic rings. The van der Waals surface area contributed by atoms with E-state index in [4.69, 9.17) is 5.11 Å². The summed E-state index contributed by atoms with van der Waals surface area (Å²) >= 11 is 0. The molecule has 0 radical (unpaired) electrons. The van der Waals surface area contributed by atoms with Gasteiger partial charge < -0.3 is 10.2 Å². The van der Waals surface area contributed by atoms with Gasteiger partial charge in [0.25, 0.3) is 0 Å². The van der Waals surface area contributed by atoms with E-state index in [1.54, 1.807) is 6.07 Å². The van der Waals surface area contributed by atoms with Crippen LogP contribution in [0.5, 0.6) is 5.75 Å². The molecule has 0 fully saturated rings. The SMILES string of the molecule is CC(C)N(CCC(c1ccccc1)c1cc(CCC(=O)O)ccc1O)C(C)C.Cl. The number of aromatic hydroxyl groups is 1. The van der Waals surface area contributed by atoms with E-state index in [0.717, 1.165) is 24.1 Å². The molecule has 1 unspecified atom stereocenters. The number of carboxylic acid groups (broad SMARTS) is 1. The fraction of sp³-hybridized carbons (Fsp3) is 0.458. The van der Waals surface area contributed by atoms with Crippen LogP contribution in [0.1, 0.15) is 63.1 Å². The molecule has 2 aromatic carbocycles. The second-order valence-electron chi connectivity index (χ2n) is 7.96. The highest BCUT2D eigenvalue weighted by Gasteiger charge is 2.21. The Bertz CT molecular complexity index is 754. The first-order chi connectivity index (χ1) is 13.3. The van der Waals surface area contributed by atoms with Gasteiger partial charge in [0.2, 0.25) is 0 Å². The molecule has 0 aliphatic heterocycles. The lowest BCUT2D eigenvalue weighted by molar-refractivity contribution is -0.136. The summed E-state index contributed by atoms with van der Waals surface area (Å²) in [4.78, 5) is 13.4. The van der Waals surface area contributed by atoms with Crippen molar-refractivity contribution < 1.29 is 15.0 Å². The Morgan fingerprint density at radius 2 is 1.62 bits per heavy atom. The third-order valence-corrected chi connectivity index (χ3v) is 5.30. The molecule has 0 amide bonds. The predicted octanol–water partition coefficient (Wildman–Crippen LogP) is 5.47. The summed E-state index contributed by atoms with van der Waals surface area (Å²) in [6, 6.07) is 16.6. The number of hydrogen-bond acceptors (Lipinski definition) is 3. The lowest BCUT2D eigenvalue weighted by atomic mass is 9.86. The zero-order chi connectivity index (χ0) is 20.7. The highest BCUT2D eigenvalue weighted by molar-refractivity contribution is 5.85. The largest absolute Gasteiger partial charge is 0.508 e. The molecule has 2 aromatic rings. The zero-order valence-corrected chi connectivity index (χ0v) is 18.7. The van der Waals surface area contributed by atoms with Crippen LogP contribution < -0.4 is 0 Å². The van der Waals surface area contributed by atoms with E-state index in [1.807, 2.05) is 30.3 Å². The molecule has 4 nitrogen and oxygen atoms in total. The molecule has 2 rings (SSSR count). The first-order valence-corrected chi connectivity index (χ1v) is 10.1. The molecule has 0 heterocycles. The molecular weight excluding hydrogens is 386 g/mol. The topological polar surface area (TPSA) is 60.8 Å². The van der Waals surface area contributed by atoms with Crippen LogP contribution in [0.25, 0.3) is 0 Å². The Labute approximate surface area is 181 Å². The second-order valence-corrected chi connectivity index (χ2v) is 7.96. The Morgan fingerprint density at radius 1 is 1.00 bits per heavy atom. The van der Waals surface area contributed by atoms with Gasteiger partial charge >= 0.3 is 5.97 Å². The third kappa shape index (κ3) is 7.37. The third-order valence-electron chi connectivity index (χ3n) is 5.30. The van der Waals surface area contributed by atoms with Crippen molar-refractivity contribution in [3.05, 3.63) is 65.2 Å². The maximum atomic E-state index is 10.9. The van der Waals surface area contributed by atoms with E-state index in [0.29, 0.717) is 18.5 Å². The van der Waals surface area contributed by atoms with Crippen LogP contribution in [0.15, 0.2) is 48.5 Å². The molecule has 5 heteroatoms. The van der Waals surface area contributed by atoms with Crippen molar-refractivity contribution in [1.82, 2.24) is 4.90 Å². The minimum atomic E-state index is -0.807. The van der Waals surface area contributed by atoms with Crippen molar-refractivity contribution >= 4 is 18.4 Å². The van der Waals surface area contributed by atoms with Gasteiger partial charge in [-0.3, -0.25) is 9.69 Å². The highest BCUT2D eigenvalue weighted by atomic mass is 35.5. The summed E-state index contributed by atoms with van der Waals surface area (Å²) in [5, 5.41) is 19.6. The van der Waals surface area contributed by atoms with Gasteiger partial charge in [-0.05, 0) is 64.3 Å². The fourth-order valence-electron chi connectivity index (χ4n) is 3.87. The number of halogens is 1. The van der Waals surface area contributed by atoms with E-state index in [2.05, 4.69) is 44.7 Å². The lowest BCUT2D eigenvalue weighted by Crippen LogP contribution is -2.38. The Kier molecular flexibility index (Phi) is 10.2. The van der Waals surface area contributed by atoms with E-state index in [-0.39, 0.29) is 30.5 Å². The minimum Gasteiger partial charge on any atom is -0.508 e. The summed E-state index contributed by atoms with van der Waals surface area (Å²) in [7, 11) is 0. The van der Waals surface area contributed by atoms with Crippen LogP contribution in [-0.2, 0) is 11.2 Å². The van der Waals surface area contributed by atoms with Crippen LogP contribution in [-0.4, -0.2) is 39.7 Å². The highest BCUT2D eigenvalue weighted by Crippen LogP contribution is 2.35. The quantitative estimate of drug-likeness (QED) is 0.535. The number of carboxylic acids is 1. The standard InChI is InChI=1S/C24H33NO3.ClH/c1-17(2)25(18(3)4)15-14-21(20-8-6-5-7-9-20)22-16-19(10-12-23(22)26)11-13-24(27)28;/h5-10,12,16-18,21,26H,11,13-15H2,1-4H3,(H,27,28);1H. The molecule has 0 aromatic heterocycles. The van der Waals surface area contributed by atoms with Crippen LogP contribution in [0.4, 0.5) is 0 Å². The lowest BCUT2D eigenvalue weighted by Gasteiger charge is -2.32. The van der Waals surface area contributed by atoms with Crippen LogP contribution in [0, 0.1) is 0 Å². The number of benzene rings is 2. The Balaban J connectivity index is 0.00000420. The smallest absolute Gasteiger partial charge is 0.303 e. The molecule has 2 N–H and O–H groups in total. The molecule has 0 saturated heterocycles. The number of nitrogens with zero attached hydrogens (tertiary/aromatic N) is 1. The van der Waals surface area contributed by atoms with Gasteiger partial charge in [0.05, 0.1) is 0 Å². The maximum Gasteiger partial charge on any atom is 0.303 e. The van der Waals surface area contributed by atoms with Gasteiger partial charge in [-0.15, -0.1) is 12.4 Å². The van der Waals surface area contributed by atoms with Gasteiger partial charge in [0.15, 0.2) is 0 Å². The van der Waals surface area contributed by atoms with E-state index < -0.39 is 5.97 Å². The molecule has 29 heavy (non-hydrogen) atoms. The van der Waals surface area contributed by atoms with Gasteiger partial charge in [-0.1, -0.05) is 42.5 Å². The van der Waals surface area contributed by atoms with Gasteiger partial charge in [0, 0.05) is 30.0 Å². The summed E-state index contributed by atoms with van der Waals surface area (Å²) in [5.74, 6) is -0.474. The molecule has 0 aliphatic carbocycles. The van der Waals surface area contributed by atoms with Crippen molar-refractivity contribution in [3.8, 4) is 5.75 Å². The van der Waals surface area contributed by atoms with Crippen molar-refractivity contribution in [2.45, 2.75) is 65.0 Å². The number of phenols is 1. The molecular formula is C24H34ClNO3. The molecule has 160 valence electrons. The van der Waals surface area contributed by atoms with Crippen LogP contribution in [0.3, 0.4) is 0 Å². The zero-order valence-electron chi connectivity index (χ0n) is 17.8. The van der Waals surface area contributed by atoms with Gasteiger partial charge in [-0.2, -0.15) is 0 Å². The second kappa shape index (κ2) is 11.8. The van der Waals surface area contributed by atoms with Crippen molar-refractivity contribution in [3.63, 3.8) is 0 Å². The minimum absolute atomic E-state index is 0. The predicted molar refractivity (Wildman–Crippen MR) is 121 cm³/mol. The maximum absolute atomic E-state index is 10.9. The van der Waals surface area contributed by atoms with Crippen LogP contribution >= 0.6 is 12.4 Å². The average Bonchev–Trinajstić information content (AvgIpc) is 2.65. The summed E-state index contributed by atoms with van der Waals surface area (Å²) in [6.07, 6.45) is 1.44. The number of rotatable bonds is 10. The normalized spacial score (nSPS) is 12.2. The first kappa shape index (κ1) is 25.0. The number of aliphatic carboxylic acids is 1. The molecule has 0 bridgehead atoms. The number of aryl methyl sites for hydroxylation is 1. The molecule has 0 saturated carbocycles. The number of carbonyl (C=O) groups is 1. The van der Waals surface area contributed by atoms with Crippen molar-refractivity contribution in [2.24, 2.45) is 0 Å². The van der Waals surface area contributed by atoms with E-state index in [9.17, 15) is 9.90 Å². The Morgan fingerprint density at radius 3 is 2.17 bits per heavy atom. The summed E-state index contributed by atoms with van der Waals surface area (Å²) in [5.41, 5.74) is 2.99. The number of hydrogen-bond donors (Lipinski definition) is 2. The fourth-order valence-corrected chi connectivity index (χ4v) is 3.87. The summed E-state index contributed by atoms with van der Waals surface area (Å²) in [6.45, 7) is 9.76. The van der Waals surface area contributed by atoms with Crippen molar-refractivity contribution in [1.29, 1.82) is 0 Å².